The molecule has 1 N–H and O–H groups in total. The summed E-state index contributed by atoms with van der Waals surface area (Å²) >= 11 is 0. The van der Waals surface area contributed by atoms with Gasteiger partial charge in [0.2, 0.25) is 0 Å². The molecule has 0 aliphatic rings. The van der Waals surface area contributed by atoms with Gasteiger partial charge in [0.05, 0.1) is 0 Å². The van der Waals surface area contributed by atoms with Gasteiger partial charge in [0.25, 0.3) is 0 Å². The first-order valence-corrected chi connectivity index (χ1v) is 3.22. The third kappa shape index (κ3) is 8.78. The van der Waals surface area contributed by atoms with Crippen LogP contribution in [0, 0.1) is 0 Å². The topological polar surface area (TPSA) is 12.0 Å². The van der Waals surface area contributed by atoms with E-state index in [-0.39, 0.29) is 22.5 Å². The monoisotopic (exact) mass is 189 g/mol. The minimum Gasteiger partial charge on any atom is -1.00 e. The minimum absolute atomic E-state index is 0. The number of benzene rings is 1. The van der Waals surface area contributed by atoms with Crippen molar-refractivity contribution in [3.63, 3.8) is 0 Å². The average Bonchev–Trinajstić information content (AvgIpc) is 1.91. The van der Waals surface area contributed by atoms with Gasteiger partial charge in [0.15, 0.2) is 0 Å². The van der Waals surface area contributed by atoms with Crippen LogP contribution in [-0.4, -0.2) is 15.0 Å². The maximum Gasteiger partial charge on any atom is 3.00 e. The van der Waals surface area contributed by atoms with E-state index in [0.29, 0.717) is 0 Å². The third-order valence-electron chi connectivity index (χ3n) is 1.15. The second-order valence-electron chi connectivity index (χ2n) is 1.90. The standard InChI is InChI=1S/C8H11N.B.3FH/c1-2-9-8-6-4-3-5-7-8;;;;/h3-7,9H,2H2,1H3;;3*1H/q;+3;;;/p-3. The van der Waals surface area contributed by atoms with E-state index in [2.05, 4.69) is 24.4 Å². The smallest absolute Gasteiger partial charge is 1.00 e. The summed E-state index contributed by atoms with van der Waals surface area (Å²) in [4.78, 5) is 0. The van der Waals surface area contributed by atoms with Gasteiger partial charge in [0.1, 0.15) is 0 Å². The van der Waals surface area contributed by atoms with Crippen LogP contribution in [0.4, 0.5) is 5.69 Å². The molecule has 0 aliphatic heterocycles. The first-order valence-electron chi connectivity index (χ1n) is 3.22. The Morgan fingerprint density at radius 1 is 1.00 bits per heavy atom. The summed E-state index contributed by atoms with van der Waals surface area (Å²) in [6, 6.07) is 10.2. The number of rotatable bonds is 2. The fourth-order valence-electron chi connectivity index (χ4n) is 0.760. The van der Waals surface area contributed by atoms with Crippen LogP contribution in [0.15, 0.2) is 30.3 Å². The Morgan fingerprint density at radius 3 is 1.85 bits per heavy atom. The van der Waals surface area contributed by atoms with Crippen molar-refractivity contribution >= 4 is 14.1 Å². The molecule has 5 heteroatoms. The zero-order chi connectivity index (χ0) is 6.53. The maximum atomic E-state index is 3.21. The number of hydrogen-bond acceptors (Lipinski definition) is 1. The molecule has 0 spiro atoms. The van der Waals surface area contributed by atoms with Gasteiger partial charge in [-0.2, -0.15) is 0 Å². The zero-order valence-corrected chi connectivity index (χ0v) is 7.31. The van der Waals surface area contributed by atoms with Crippen molar-refractivity contribution < 1.29 is 14.1 Å². The zero-order valence-electron chi connectivity index (χ0n) is 7.31. The Hall–Kier alpha value is -1.13. The number of anilines is 1. The second-order valence-corrected chi connectivity index (χ2v) is 1.90. The van der Waals surface area contributed by atoms with Crippen LogP contribution in [0.5, 0.6) is 0 Å². The van der Waals surface area contributed by atoms with Crippen LogP contribution in [0.2, 0.25) is 0 Å². The quantitative estimate of drug-likeness (QED) is 0.456. The van der Waals surface area contributed by atoms with Crippen molar-refractivity contribution in [3.8, 4) is 0 Å². The molecular weight excluding hydrogens is 178 g/mol. The summed E-state index contributed by atoms with van der Waals surface area (Å²) < 4.78 is 0. The van der Waals surface area contributed by atoms with E-state index in [4.69, 9.17) is 0 Å². The normalized spacial score (nSPS) is 6.23. The van der Waals surface area contributed by atoms with Crippen molar-refractivity contribution in [2.24, 2.45) is 0 Å². The number of para-hydroxylation sites is 1. The molecule has 0 amide bonds. The Bertz CT molecular complexity index is 172. The van der Waals surface area contributed by atoms with E-state index in [0.717, 1.165) is 6.54 Å². The van der Waals surface area contributed by atoms with Gasteiger partial charge in [0, 0.05) is 12.2 Å². The molecule has 0 saturated heterocycles. The Kier molecular flexibility index (Phi) is 23.5. The summed E-state index contributed by atoms with van der Waals surface area (Å²) in [6.45, 7) is 3.08. The Labute approximate surface area is 78.2 Å². The molecule has 1 aromatic rings. The van der Waals surface area contributed by atoms with Gasteiger partial charge in [-0.15, -0.1) is 0 Å². The summed E-state index contributed by atoms with van der Waals surface area (Å²) in [5, 5.41) is 3.21. The summed E-state index contributed by atoms with van der Waals surface area (Å²) in [6.07, 6.45) is 0. The SMILES string of the molecule is CCNc1ccccc1.[B+3].[F-].[F-].[F-]. The molecule has 0 aromatic heterocycles. The van der Waals surface area contributed by atoms with Crippen LogP contribution in [0.1, 0.15) is 6.92 Å². The summed E-state index contributed by atoms with van der Waals surface area (Å²) in [5.41, 5.74) is 1.19. The van der Waals surface area contributed by atoms with Crippen LogP contribution in [0.25, 0.3) is 0 Å². The van der Waals surface area contributed by atoms with Crippen LogP contribution in [0.3, 0.4) is 0 Å². The molecule has 72 valence electrons. The second kappa shape index (κ2) is 13.5. The van der Waals surface area contributed by atoms with Crippen LogP contribution < -0.4 is 19.4 Å². The molecule has 1 aromatic carbocycles. The van der Waals surface area contributed by atoms with Gasteiger partial charge < -0.3 is 19.4 Å². The van der Waals surface area contributed by atoms with Crippen molar-refractivity contribution in [1.29, 1.82) is 0 Å². The number of halogens is 3. The van der Waals surface area contributed by atoms with Crippen molar-refractivity contribution in [1.82, 2.24) is 0 Å². The molecule has 0 fully saturated rings. The molecule has 0 heterocycles. The van der Waals surface area contributed by atoms with Gasteiger partial charge in [-0.05, 0) is 19.1 Å². The van der Waals surface area contributed by atoms with Gasteiger partial charge in [-0.25, -0.2) is 0 Å². The van der Waals surface area contributed by atoms with Crippen molar-refractivity contribution in [3.05, 3.63) is 30.3 Å². The van der Waals surface area contributed by atoms with Crippen molar-refractivity contribution in [2.45, 2.75) is 6.92 Å². The first-order chi connectivity index (χ1) is 4.43. The van der Waals surface area contributed by atoms with Gasteiger partial charge in [-0.3, -0.25) is 0 Å². The Morgan fingerprint density at radius 2 is 1.46 bits per heavy atom. The molecule has 0 atom stereocenters. The van der Waals surface area contributed by atoms with E-state index in [9.17, 15) is 0 Å². The molecular formula is C8H11BF3N. The van der Waals surface area contributed by atoms with Gasteiger partial charge >= 0.3 is 8.41 Å². The van der Waals surface area contributed by atoms with Crippen LogP contribution in [-0.2, 0) is 0 Å². The molecule has 1 nitrogen and oxygen atoms in total. The van der Waals surface area contributed by atoms with E-state index >= 15 is 0 Å². The third-order valence-corrected chi connectivity index (χ3v) is 1.15. The fourth-order valence-corrected chi connectivity index (χ4v) is 0.760. The molecule has 0 radical (unpaired) electrons. The predicted octanol–water partition coefficient (Wildman–Crippen LogP) is -7.25. The average molecular weight is 189 g/mol. The molecule has 0 bridgehead atoms. The molecule has 1 rings (SSSR count). The molecule has 0 unspecified atom stereocenters. The molecule has 0 aliphatic carbocycles. The van der Waals surface area contributed by atoms with Gasteiger partial charge in [-0.1, -0.05) is 18.2 Å². The van der Waals surface area contributed by atoms with E-state index in [1.807, 2.05) is 18.2 Å². The fraction of sp³-hybridized carbons (Fsp3) is 0.250. The Balaban J connectivity index is -0.000000101. The molecule has 0 saturated carbocycles. The summed E-state index contributed by atoms with van der Waals surface area (Å²) in [7, 11) is 0. The molecule has 13 heavy (non-hydrogen) atoms. The van der Waals surface area contributed by atoms with Crippen molar-refractivity contribution in [2.75, 3.05) is 11.9 Å². The summed E-state index contributed by atoms with van der Waals surface area (Å²) in [5.74, 6) is 0. The first kappa shape index (κ1) is 22.6. The number of hydrogen-bond donors (Lipinski definition) is 1. The largest absolute Gasteiger partial charge is 3.00 e. The minimum atomic E-state index is 0. The van der Waals surface area contributed by atoms with E-state index in [1.54, 1.807) is 0 Å². The van der Waals surface area contributed by atoms with E-state index in [1.165, 1.54) is 5.69 Å². The predicted molar refractivity (Wildman–Crippen MR) is 46.4 cm³/mol. The van der Waals surface area contributed by atoms with Crippen LogP contribution >= 0.6 is 0 Å². The maximum absolute atomic E-state index is 3.21. The number of nitrogens with one attached hydrogen (secondary N) is 1. The van der Waals surface area contributed by atoms with E-state index < -0.39 is 0 Å².